The third-order valence-electron chi connectivity index (χ3n) is 3.03. The minimum atomic E-state index is -0.200. The summed E-state index contributed by atoms with van der Waals surface area (Å²) in [5.41, 5.74) is 0. The zero-order valence-corrected chi connectivity index (χ0v) is 13.1. The van der Waals surface area contributed by atoms with E-state index < -0.39 is 0 Å². The summed E-state index contributed by atoms with van der Waals surface area (Å²) in [7, 11) is 0. The summed E-state index contributed by atoms with van der Waals surface area (Å²) in [6, 6.07) is 0. The van der Waals surface area contributed by atoms with Gasteiger partial charge in [-0.05, 0) is 19.3 Å². The van der Waals surface area contributed by atoms with Crippen LogP contribution in [0.15, 0.2) is 0 Å². The van der Waals surface area contributed by atoms with Gasteiger partial charge in [-0.1, -0.05) is 46.0 Å². The Morgan fingerprint density at radius 3 is 1.75 bits per heavy atom. The van der Waals surface area contributed by atoms with E-state index in [2.05, 4.69) is 13.8 Å². The lowest BCUT2D eigenvalue weighted by molar-refractivity contribution is -0.147. The summed E-state index contributed by atoms with van der Waals surface area (Å²) in [4.78, 5) is 22.7. The molecule has 0 fully saturated rings. The number of rotatable bonds is 13. The zero-order valence-electron chi connectivity index (χ0n) is 13.1. The predicted octanol–water partition coefficient (Wildman–Crippen LogP) is 4.01. The Morgan fingerprint density at radius 2 is 1.15 bits per heavy atom. The van der Waals surface area contributed by atoms with Crippen molar-refractivity contribution in [1.82, 2.24) is 0 Å². The smallest absolute Gasteiger partial charge is 0.305 e. The SMILES string of the molecule is CCCCCCCC(=O)OCCCC(=O)OCCCC. The molecule has 0 unspecified atom stereocenters. The molecular formula is C16H30O4. The van der Waals surface area contributed by atoms with Gasteiger partial charge in [-0.25, -0.2) is 0 Å². The molecule has 0 amide bonds. The molecule has 20 heavy (non-hydrogen) atoms. The lowest BCUT2D eigenvalue weighted by atomic mass is 10.1. The molecule has 0 rings (SSSR count). The second kappa shape index (κ2) is 14.4. The van der Waals surface area contributed by atoms with Gasteiger partial charge in [0.25, 0.3) is 0 Å². The minimum Gasteiger partial charge on any atom is -0.466 e. The van der Waals surface area contributed by atoms with E-state index in [0.29, 0.717) is 32.5 Å². The van der Waals surface area contributed by atoms with Crippen LogP contribution in [0.3, 0.4) is 0 Å². The number of hydrogen-bond acceptors (Lipinski definition) is 4. The molecule has 0 bridgehead atoms. The molecular weight excluding hydrogens is 256 g/mol. The normalized spacial score (nSPS) is 10.3. The highest BCUT2D eigenvalue weighted by atomic mass is 16.5. The first kappa shape index (κ1) is 18.9. The van der Waals surface area contributed by atoms with Crippen LogP contribution in [0.5, 0.6) is 0 Å². The van der Waals surface area contributed by atoms with Crippen molar-refractivity contribution in [3.05, 3.63) is 0 Å². The second-order valence-corrected chi connectivity index (χ2v) is 5.06. The summed E-state index contributed by atoms with van der Waals surface area (Å²) >= 11 is 0. The maximum Gasteiger partial charge on any atom is 0.305 e. The number of carbonyl (C=O) groups is 2. The van der Waals surface area contributed by atoms with E-state index in [4.69, 9.17) is 9.47 Å². The van der Waals surface area contributed by atoms with Crippen molar-refractivity contribution in [3.8, 4) is 0 Å². The van der Waals surface area contributed by atoms with Gasteiger partial charge < -0.3 is 9.47 Å². The molecule has 0 saturated carbocycles. The van der Waals surface area contributed by atoms with Gasteiger partial charge >= 0.3 is 11.9 Å². The highest BCUT2D eigenvalue weighted by Crippen LogP contribution is 2.06. The number of carbonyl (C=O) groups excluding carboxylic acids is 2. The molecule has 4 nitrogen and oxygen atoms in total. The van der Waals surface area contributed by atoms with E-state index in [0.717, 1.165) is 25.7 Å². The van der Waals surface area contributed by atoms with Crippen molar-refractivity contribution in [1.29, 1.82) is 0 Å². The zero-order chi connectivity index (χ0) is 15.1. The summed E-state index contributed by atoms with van der Waals surface area (Å²) in [6.07, 6.45) is 8.90. The Bertz CT molecular complexity index is 251. The van der Waals surface area contributed by atoms with Crippen LogP contribution in [0.2, 0.25) is 0 Å². The molecule has 118 valence electrons. The largest absolute Gasteiger partial charge is 0.466 e. The Hall–Kier alpha value is -1.06. The average Bonchev–Trinajstić information content (AvgIpc) is 2.44. The first-order valence-corrected chi connectivity index (χ1v) is 8.02. The molecule has 0 saturated heterocycles. The molecule has 0 N–H and O–H groups in total. The van der Waals surface area contributed by atoms with Crippen molar-refractivity contribution in [2.45, 2.75) is 78.1 Å². The summed E-state index contributed by atoms with van der Waals surface area (Å²) < 4.78 is 10.1. The van der Waals surface area contributed by atoms with Gasteiger partial charge in [-0.15, -0.1) is 0 Å². The Balaban J connectivity index is 3.32. The number of ether oxygens (including phenoxy) is 2. The Labute approximate surface area is 123 Å². The van der Waals surface area contributed by atoms with Crippen LogP contribution in [-0.4, -0.2) is 25.2 Å². The van der Waals surface area contributed by atoms with Crippen LogP contribution in [0, 0.1) is 0 Å². The van der Waals surface area contributed by atoms with Crippen LogP contribution in [0.1, 0.15) is 78.1 Å². The third-order valence-corrected chi connectivity index (χ3v) is 3.03. The fourth-order valence-electron chi connectivity index (χ4n) is 1.75. The molecule has 4 heteroatoms. The van der Waals surface area contributed by atoms with Crippen LogP contribution in [0.4, 0.5) is 0 Å². The summed E-state index contributed by atoms with van der Waals surface area (Å²) in [5.74, 6) is -0.352. The van der Waals surface area contributed by atoms with E-state index in [1.807, 2.05) is 0 Å². The molecule has 0 aliphatic heterocycles. The highest BCUT2D eigenvalue weighted by Gasteiger charge is 2.05. The van der Waals surface area contributed by atoms with Crippen LogP contribution < -0.4 is 0 Å². The molecule has 0 aliphatic rings. The fourth-order valence-corrected chi connectivity index (χ4v) is 1.75. The van der Waals surface area contributed by atoms with Gasteiger partial charge in [0, 0.05) is 12.8 Å². The highest BCUT2D eigenvalue weighted by molar-refractivity contribution is 5.70. The van der Waals surface area contributed by atoms with E-state index in [9.17, 15) is 9.59 Å². The van der Waals surface area contributed by atoms with Gasteiger partial charge in [0.2, 0.25) is 0 Å². The standard InChI is InChI=1S/C16H30O4/c1-3-5-7-8-9-11-15(17)20-14-10-12-16(18)19-13-6-4-2/h3-14H2,1-2H3. The number of unbranched alkanes of at least 4 members (excludes halogenated alkanes) is 5. The number of hydrogen-bond donors (Lipinski definition) is 0. The van der Waals surface area contributed by atoms with E-state index >= 15 is 0 Å². The lowest BCUT2D eigenvalue weighted by Gasteiger charge is -2.05. The minimum absolute atomic E-state index is 0.152. The third kappa shape index (κ3) is 13.4. The van der Waals surface area contributed by atoms with Crippen LogP contribution in [0.25, 0.3) is 0 Å². The quantitative estimate of drug-likeness (QED) is 0.379. The lowest BCUT2D eigenvalue weighted by Crippen LogP contribution is -2.09. The average molecular weight is 286 g/mol. The molecule has 0 aliphatic carbocycles. The molecule has 0 aromatic heterocycles. The second-order valence-electron chi connectivity index (χ2n) is 5.06. The molecule has 0 spiro atoms. The molecule has 0 heterocycles. The predicted molar refractivity (Wildman–Crippen MR) is 79.4 cm³/mol. The summed E-state index contributed by atoms with van der Waals surface area (Å²) in [5, 5.41) is 0. The molecule has 0 aromatic rings. The fraction of sp³-hybridized carbons (Fsp3) is 0.875. The van der Waals surface area contributed by atoms with E-state index in [1.54, 1.807) is 0 Å². The van der Waals surface area contributed by atoms with Gasteiger partial charge in [0.1, 0.15) is 0 Å². The molecule has 0 radical (unpaired) electrons. The maximum atomic E-state index is 11.4. The first-order chi connectivity index (χ1) is 9.70. The summed E-state index contributed by atoms with van der Waals surface area (Å²) in [6.45, 7) is 5.03. The van der Waals surface area contributed by atoms with Crippen molar-refractivity contribution in [3.63, 3.8) is 0 Å². The molecule has 0 atom stereocenters. The van der Waals surface area contributed by atoms with Crippen molar-refractivity contribution >= 4 is 11.9 Å². The Morgan fingerprint density at radius 1 is 0.650 bits per heavy atom. The van der Waals surface area contributed by atoms with Gasteiger partial charge in [0.05, 0.1) is 13.2 Å². The van der Waals surface area contributed by atoms with Crippen molar-refractivity contribution < 1.29 is 19.1 Å². The molecule has 0 aromatic carbocycles. The first-order valence-electron chi connectivity index (χ1n) is 8.02. The van der Waals surface area contributed by atoms with Crippen LogP contribution >= 0.6 is 0 Å². The van der Waals surface area contributed by atoms with Crippen LogP contribution in [-0.2, 0) is 19.1 Å². The van der Waals surface area contributed by atoms with Gasteiger partial charge in [-0.2, -0.15) is 0 Å². The maximum absolute atomic E-state index is 11.4. The van der Waals surface area contributed by atoms with Crippen molar-refractivity contribution in [2.24, 2.45) is 0 Å². The van der Waals surface area contributed by atoms with E-state index in [1.165, 1.54) is 19.3 Å². The monoisotopic (exact) mass is 286 g/mol. The van der Waals surface area contributed by atoms with Crippen molar-refractivity contribution in [2.75, 3.05) is 13.2 Å². The van der Waals surface area contributed by atoms with Gasteiger partial charge in [0.15, 0.2) is 0 Å². The topological polar surface area (TPSA) is 52.6 Å². The number of esters is 2. The van der Waals surface area contributed by atoms with E-state index in [-0.39, 0.29) is 11.9 Å². The Kier molecular flexibility index (Phi) is 13.6. The van der Waals surface area contributed by atoms with Gasteiger partial charge in [-0.3, -0.25) is 9.59 Å².